The van der Waals surface area contributed by atoms with Crippen LogP contribution < -0.4 is 5.48 Å². The average Bonchev–Trinajstić information content (AvgIpc) is 2.15. The van der Waals surface area contributed by atoms with Gasteiger partial charge in [0.05, 0.1) is 12.6 Å². The largest absolute Gasteiger partial charge is 0.444 e. The zero-order valence-electron chi connectivity index (χ0n) is 9.86. The second-order valence-electron chi connectivity index (χ2n) is 4.97. The number of hydroxylamine groups is 1. The van der Waals surface area contributed by atoms with Crippen molar-refractivity contribution in [3.05, 3.63) is 0 Å². The fourth-order valence-electron chi connectivity index (χ4n) is 1.54. The molecule has 6 heteroatoms. The van der Waals surface area contributed by atoms with Crippen LogP contribution in [-0.4, -0.2) is 47.1 Å². The first kappa shape index (κ1) is 13.2. The van der Waals surface area contributed by atoms with E-state index in [9.17, 15) is 9.18 Å². The van der Waals surface area contributed by atoms with Crippen molar-refractivity contribution in [3.8, 4) is 0 Å². The normalized spacial score (nSPS) is 26.7. The number of rotatable bonds is 1. The minimum atomic E-state index is -1.27. The van der Waals surface area contributed by atoms with Gasteiger partial charge in [-0.05, 0) is 27.2 Å². The lowest BCUT2D eigenvalue weighted by Gasteiger charge is -2.34. The number of hydrogen-bond donors (Lipinski definition) is 2. The van der Waals surface area contributed by atoms with Gasteiger partial charge in [0.25, 0.3) is 0 Å². The Labute approximate surface area is 94.5 Å². The SMILES string of the molecule is CC(C)(C)OC(=O)N1CCC(NO)C(F)C1. The minimum Gasteiger partial charge on any atom is -0.444 e. The van der Waals surface area contributed by atoms with Crippen LogP contribution >= 0.6 is 0 Å². The van der Waals surface area contributed by atoms with Crippen molar-refractivity contribution in [2.24, 2.45) is 0 Å². The molecule has 0 aromatic heterocycles. The number of ether oxygens (including phenoxy) is 1. The fourth-order valence-corrected chi connectivity index (χ4v) is 1.54. The molecule has 1 saturated heterocycles. The number of nitrogens with one attached hydrogen (secondary N) is 1. The first-order valence-corrected chi connectivity index (χ1v) is 5.35. The molecule has 2 N–H and O–H groups in total. The third kappa shape index (κ3) is 3.61. The molecule has 5 nitrogen and oxygen atoms in total. The number of hydrogen-bond acceptors (Lipinski definition) is 4. The van der Waals surface area contributed by atoms with Crippen molar-refractivity contribution in [1.29, 1.82) is 0 Å². The number of halogens is 1. The molecule has 0 saturated carbocycles. The van der Waals surface area contributed by atoms with Crippen molar-refractivity contribution in [2.45, 2.75) is 45.0 Å². The second kappa shape index (κ2) is 4.97. The molecule has 2 atom stereocenters. The Morgan fingerprint density at radius 2 is 2.19 bits per heavy atom. The highest BCUT2D eigenvalue weighted by atomic mass is 19.1. The highest BCUT2D eigenvalue weighted by molar-refractivity contribution is 5.68. The third-order valence-corrected chi connectivity index (χ3v) is 2.36. The van der Waals surface area contributed by atoms with Gasteiger partial charge in [0.2, 0.25) is 0 Å². The van der Waals surface area contributed by atoms with E-state index in [-0.39, 0.29) is 6.54 Å². The van der Waals surface area contributed by atoms with E-state index in [1.54, 1.807) is 20.8 Å². The molecule has 1 aliphatic heterocycles. The third-order valence-electron chi connectivity index (χ3n) is 2.36. The molecular weight excluding hydrogens is 215 g/mol. The lowest BCUT2D eigenvalue weighted by atomic mass is 10.0. The molecule has 1 aliphatic rings. The van der Waals surface area contributed by atoms with Crippen LogP contribution in [0.1, 0.15) is 27.2 Å². The Morgan fingerprint density at radius 3 is 2.62 bits per heavy atom. The maximum Gasteiger partial charge on any atom is 0.410 e. The molecular formula is C10H19FN2O3. The van der Waals surface area contributed by atoms with Gasteiger partial charge in [0, 0.05) is 6.54 Å². The Kier molecular flexibility index (Phi) is 4.09. The van der Waals surface area contributed by atoms with Gasteiger partial charge < -0.3 is 14.8 Å². The maximum atomic E-state index is 13.4. The summed E-state index contributed by atoms with van der Waals surface area (Å²) in [4.78, 5) is 12.9. The molecule has 16 heavy (non-hydrogen) atoms. The van der Waals surface area contributed by atoms with Crippen molar-refractivity contribution in [3.63, 3.8) is 0 Å². The second-order valence-corrected chi connectivity index (χ2v) is 4.97. The lowest BCUT2D eigenvalue weighted by Crippen LogP contribution is -2.52. The Balaban J connectivity index is 2.48. The van der Waals surface area contributed by atoms with E-state index < -0.39 is 23.9 Å². The van der Waals surface area contributed by atoms with E-state index >= 15 is 0 Å². The van der Waals surface area contributed by atoms with E-state index in [1.807, 2.05) is 5.48 Å². The van der Waals surface area contributed by atoms with E-state index in [0.29, 0.717) is 13.0 Å². The quantitative estimate of drug-likeness (QED) is 0.672. The van der Waals surface area contributed by atoms with E-state index in [1.165, 1.54) is 4.90 Å². The van der Waals surface area contributed by atoms with Crippen LogP contribution in [0.15, 0.2) is 0 Å². The molecule has 94 valence electrons. The smallest absolute Gasteiger partial charge is 0.410 e. The summed E-state index contributed by atoms with van der Waals surface area (Å²) in [6.07, 6.45) is -1.41. The predicted octanol–water partition coefficient (Wildman–Crippen LogP) is 1.31. The van der Waals surface area contributed by atoms with Crippen LogP contribution in [0.4, 0.5) is 9.18 Å². The summed E-state index contributed by atoms with van der Waals surface area (Å²) >= 11 is 0. The number of carbonyl (C=O) groups is 1. The topological polar surface area (TPSA) is 61.8 Å². The van der Waals surface area contributed by atoms with E-state index in [4.69, 9.17) is 9.94 Å². The number of carbonyl (C=O) groups excluding carboxylic acids is 1. The molecule has 0 aromatic carbocycles. The lowest BCUT2D eigenvalue weighted by molar-refractivity contribution is -0.00540. The number of nitrogens with zero attached hydrogens (tertiary/aromatic N) is 1. The van der Waals surface area contributed by atoms with Crippen LogP contribution in [0.25, 0.3) is 0 Å². The molecule has 0 aromatic rings. The zero-order valence-corrected chi connectivity index (χ0v) is 9.86. The van der Waals surface area contributed by atoms with Gasteiger partial charge in [0.15, 0.2) is 0 Å². The van der Waals surface area contributed by atoms with Crippen LogP contribution in [-0.2, 0) is 4.74 Å². The first-order valence-electron chi connectivity index (χ1n) is 5.35. The van der Waals surface area contributed by atoms with Gasteiger partial charge in [-0.15, -0.1) is 0 Å². The van der Waals surface area contributed by atoms with E-state index in [2.05, 4.69) is 0 Å². The molecule has 0 aliphatic carbocycles. The summed E-state index contributed by atoms with van der Waals surface area (Å²) in [5.74, 6) is 0. The van der Waals surface area contributed by atoms with Crippen LogP contribution in [0.3, 0.4) is 0 Å². The first-order chi connectivity index (χ1) is 7.33. The molecule has 1 fully saturated rings. The van der Waals surface area contributed by atoms with Gasteiger partial charge in [-0.3, -0.25) is 0 Å². The van der Waals surface area contributed by atoms with Gasteiger partial charge in [0.1, 0.15) is 11.8 Å². The molecule has 0 radical (unpaired) electrons. The number of likely N-dealkylation sites (tertiary alicyclic amines) is 1. The fraction of sp³-hybridized carbons (Fsp3) is 0.900. The summed E-state index contributed by atoms with van der Waals surface area (Å²) in [6.45, 7) is 5.63. The molecule has 1 amide bonds. The molecule has 2 unspecified atom stereocenters. The standard InChI is InChI=1S/C10H19FN2O3/c1-10(2,3)16-9(14)13-5-4-8(12-15)7(11)6-13/h7-8,12,15H,4-6H2,1-3H3. The molecule has 1 rings (SSSR count). The number of amides is 1. The maximum absolute atomic E-state index is 13.4. The van der Waals surface area contributed by atoms with Crippen molar-refractivity contribution in [1.82, 2.24) is 10.4 Å². The minimum absolute atomic E-state index is 0.0485. The summed E-state index contributed by atoms with van der Waals surface area (Å²) in [6, 6.07) is -0.598. The van der Waals surface area contributed by atoms with Crippen molar-refractivity contribution >= 4 is 6.09 Å². The Bertz CT molecular complexity index is 255. The Hall–Kier alpha value is -0.880. The average molecular weight is 234 g/mol. The zero-order chi connectivity index (χ0) is 12.3. The van der Waals surface area contributed by atoms with Crippen LogP contribution in [0.5, 0.6) is 0 Å². The molecule has 1 heterocycles. The van der Waals surface area contributed by atoms with Crippen LogP contribution in [0.2, 0.25) is 0 Å². The van der Waals surface area contributed by atoms with Gasteiger partial charge in [-0.2, -0.15) is 5.48 Å². The van der Waals surface area contributed by atoms with Crippen LogP contribution in [0, 0.1) is 0 Å². The predicted molar refractivity (Wildman–Crippen MR) is 56.0 cm³/mol. The van der Waals surface area contributed by atoms with Gasteiger partial charge in [-0.1, -0.05) is 0 Å². The van der Waals surface area contributed by atoms with E-state index in [0.717, 1.165) is 0 Å². The van der Waals surface area contributed by atoms with Gasteiger partial charge in [-0.25, -0.2) is 9.18 Å². The summed E-state index contributed by atoms with van der Waals surface area (Å²) < 4.78 is 18.6. The molecule has 0 bridgehead atoms. The van der Waals surface area contributed by atoms with Crippen molar-refractivity contribution < 1.29 is 19.1 Å². The summed E-state index contributed by atoms with van der Waals surface area (Å²) in [5.41, 5.74) is 1.33. The molecule has 0 spiro atoms. The summed E-state index contributed by atoms with van der Waals surface area (Å²) in [7, 11) is 0. The number of piperidine rings is 1. The Morgan fingerprint density at radius 1 is 1.56 bits per heavy atom. The highest BCUT2D eigenvalue weighted by Gasteiger charge is 2.33. The van der Waals surface area contributed by atoms with Gasteiger partial charge >= 0.3 is 6.09 Å². The highest BCUT2D eigenvalue weighted by Crippen LogP contribution is 2.17. The monoisotopic (exact) mass is 234 g/mol. The number of alkyl halides is 1. The summed E-state index contributed by atoms with van der Waals surface area (Å²) in [5, 5.41) is 8.65. The van der Waals surface area contributed by atoms with Crippen molar-refractivity contribution in [2.75, 3.05) is 13.1 Å².